The minimum absolute atomic E-state index is 0.131. The van der Waals surface area contributed by atoms with Crippen LogP contribution in [0.4, 0.5) is 24.5 Å². The first kappa shape index (κ1) is 25.8. The third kappa shape index (κ3) is 6.70. The van der Waals surface area contributed by atoms with Gasteiger partial charge in [-0.1, -0.05) is 54.2 Å². The van der Waals surface area contributed by atoms with E-state index in [1.54, 1.807) is 60.7 Å². The van der Waals surface area contributed by atoms with Gasteiger partial charge in [0.25, 0.3) is 5.91 Å². The molecule has 4 rings (SSSR count). The van der Waals surface area contributed by atoms with Gasteiger partial charge >= 0.3 is 6.36 Å². The van der Waals surface area contributed by atoms with E-state index in [2.05, 4.69) is 15.0 Å². The Morgan fingerprint density at radius 1 is 1.05 bits per heavy atom. The average molecular weight is 528 g/mol. The monoisotopic (exact) mass is 527 g/mol. The van der Waals surface area contributed by atoms with Gasteiger partial charge in [0.15, 0.2) is 10.9 Å². The maximum absolute atomic E-state index is 13.3. The van der Waals surface area contributed by atoms with Crippen molar-refractivity contribution < 1.29 is 32.2 Å². The molecule has 0 bridgehead atoms. The summed E-state index contributed by atoms with van der Waals surface area (Å²) in [5, 5.41) is 2.67. The Bertz CT molecular complexity index is 1360. The van der Waals surface area contributed by atoms with Crippen LogP contribution in [0.5, 0.6) is 11.5 Å². The van der Waals surface area contributed by atoms with E-state index in [1.807, 2.05) is 0 Å². The quantitative estimate of drug-likeness (QED) is 0.398. The molecule has 11 heteroatoms. The molecule has 190 valence electrons. The number of hydrogen-bond acceptors (Lipinski definition) is 6. The Kier molecular flexibility index (Phi) is 7.83. The highest BCUT2D eigenvalue weighted by Gasteiger charge is 2.33. The molecule has 0 fully saturated rings. The number of carbonyl (C=O) groups is 2. The van der Waals surface area contributed by atoms with Crippen LogP contribution in [0.1, 0.15) is 5.56 Å². The largest absolute Gasteiger partial charge is 0.573 e. The van der Waals surface area contributed by atoms with Crippen molar-refractivity contribution in [3.05, 3.63) is 90.1 Å². The van der Waals surface area contributed by atoms with Gasteiger partial charge in [0.2, 0.25) is 5.91 Å². The summed E-state index contributed by atoms with van der Waals surface area (Å²) in [6, 6.07) is 21.1. The summed E-state index contributed by atoms with van der Waals surface area (Å²) in [5.41, 5.74) is 1.28. The van der Waals surface area contributed by atoms with E-state index in [4.69, 9.17) is 4.74 Å². The van der Waals surface area contributed by atoms with Crippen LogP contribution in [0.2, 0.25) is 0 Å². The zero-order chi connectivity index (χ0) is 26.4. The number of thioether (sulfide) groups is 1. The number of ether oxygens (including phenoxy) is 2. The second-order valence-electron chi connectivity index (χ2n) is 7.56. The number of aliphatic imine (C=N–C) groups is 1. The number of carbonyl (C=O) groups excluding carboxylic acids is 2. The van der Waals surface area contributed by atoms with Gasteiger partial charge < -0.3 is 14.8 Å². The van der Waals surface area contributed by atoms with E-state index in [0.717, 1.165) is 17.8 Å². The summed E-state index contributed by atoms with van der Waals surface area (Å²) in [5.74, 6) is -1.12. The number of halogens is 3. The molecule has 0 radical (unpaired) electrons. The number of rotatable bonds is 7. The second-order valence-corrected chi connectivity index (χ2v) is 8.50. The van der Waals surface area contributed by atoms with Gasteiger partial charge in [0.05, 0.1) is 24.2 Å². The lowest BCUT2D eigenvalue weighted by atomic mass is 10.2. The Morgan fingerprint density at radius 2 is 1.78 bits per heavy atom. The first-order valence-corrected chi connectivity index (χ1v) is 11.8. The molecule has 37 heavy (non-hydrogen) atoms. The van der Waals surface area contributed by atoms with Crippen molar-refractivity contribution in [1.29, 1.82) is 0 Å². The van der Waals surface area contributed by atoms with Crippen molar-refractivity contribution in [1.82, 2.24) is 0 Å². The van der Waals surface area contributed by atoms with Crippen molar-refractivity contribution >= 4 is 46.2 Å². The maximum Gasteiger partial charge on any atom is 0.573 e. The lowest BCUT2D eigenvalue weighted by molar-refractivity contribution is -0.274. The minimum Gasteiger partial charge on any atom is -0.497 e. The number of benzene rings is 3. The molecule has 1 heterocycles. The van der Waals surface area contributed by atoms with Crippen LogP contribution in [-0.4, -0.2) is 36.2 Å². The third-order valence-electron chi connectivity index (χ3n) is 4.96. The standard InChI is InChI=1S/C26H20F3N3O4S/c1-35-19-11-7-8-17(14-19)15-21-24(34)32(18-9-3-2-4-10-18)25(31-21)37-16-23(33)30-20-12-5-6-13-22(20)36-26(27,28)29/h2-15H,16H2,1H3,(H,30,33). The number of amides is 2. The van der Waals surface area contributed by atoms with E-state index in [0.29, 0.717) is 17.0 Å². The Hall–Kier alpha value is -4.25. The van der Waals surface area contributed by atoms with E-state index < -0.39 is 18.0 Å². The van der Waals surface area contributed by atoms with Gasteiger partial charge in [-0.05, 0) is 48.0 Å². The predicted molar refractivity (Wildman–Crippen MR) is 137 cm³/mol. The summed E-state index contributed by atoms with van der Waals surface area (Å²) in [6.07, 6.45) is -3.30. The topological polar surface area (TPSA) is 80.2 Å². The van der Waals surface area contributed by atoms with Crippen LogP contribution in [-0.2, 0) is 9.59 Å². The van der Waals surface area contributed by atoms with Crippen LogP contribution in [0, 0.1) is 0 Å². The zero-order valence-electron chi connectivity index (χ0n) is 19.4. The van der Waals surface area contributed by atoms with Crippen LogP contribution in [0.15, 0.2) is 89.6 Å². The van der Waals surface area contributed by atoms with E-state index in [1.165, 1.54) is 30.2 Å². The van der Waals surface area contributed by atoms with E-state index in [-0.39, 0.29) is 28.2 Å². The fourth-order valence-corrected chi connectivity index (χ4v) is 4.20. The van der Waals surface area contributed by atoms with Gasteiger partial charge in [-0.25, -0.2) is 4.99 Å². The molecule has 7 nitrogen and oxygen atoms in total. The number of anilines is 2. The SMILES string of the molecule is COc1cccc(C=C2N=C(SCC(=O)Nc3ccccc3OC(F)(F)F)N(c3ccccc3)C2=O)c1. The van der Waals surface area contributed by atoms with Crippen molar-refractivity contribution in [2.75, 3.05) is 23.1 Å². The Morgan fingerprint density at radius 3 is 2.51 bits per heavy atom. The number of amidine groups is 1. The smallest absolute Gasteiger partial charge is 0.497 e. The van der Waals surface area contributed by atoms with Crippen LogP contribution in [0.25, 0.3) is 6.08 Å². The first-order chi connectivity index (χ1) is 17.7. The number of nitrogens with zero attached hydrogens (tertiary/aromatic N) is 2. The number of hydrogen-bond donors (Lipinski definition) is 1. The van der Waals surface area contributed by atoms with Crippen molar-refractivity contribution in [3.63, 3.8) is 0 Å². The van der Waals surface area contributed by atoms with Crippen LogP contribution >= 0.6 is 11.8 Å². The molecular formula is C26H20F3N3O4S. The number of methoxy groups -OCH3 is 1. The molecule has 0 atom stereocenters. The summed E-state index contributed by atoms with van der Waals surface area (Å²) in [6.45, 7) is 0. The summed E-state index contributed by atoms with van der Waals surface area (Å²) < 4.78 is 47.2. The molecule has 2 amide bonds. The first-order valence-electron chi connectivity index (χ1n) is 10.8. The van der Waals surface area contributed by atoms with Crippen molar-refractivity contribution in [2.45, 2.75) is 6.36 Å². The van der Waals surface area contributed by atoms with Gasteiger partial charge in [0.1, 0.15) is 11.4 Å². The van der Waals surface area contributed by atoms with Gasteiger partial charge in [-0.3, -0.25) is 14.5 Å². The molecular weight excluding hydrogens is 507 g/mol. The number of alkyl halides is 3. The highest BCUT2D eigenvalue weighted by Crippen LogP contribution is 2.32. The van der Waals surface area contributed by atoms with E-state index >= 15 is 0 Å². The number of para-hydroxylation sites is 3. The highest BCUT2D eigenvalue weighted by atomic mass is 32.2. The van der Waals surface area contributed by atoms with Crippen molar-refractivity contribution in [3.8, 4) is 11.5 Å². The maximum atomic E-state index is 13.3. The molecule has 1 aliphatic rings. The summed E-state index contributed by atoms with van der Waals surface area (Å²) >= 11 is 0.974. The minimum atomic E-state index is -4.91. The molecule has 0 aromatic heterocycles. The molecule has 0 spiro atoms. The third-order valence-corrected chi connectivity index (χ3v) is 5.90. The summed E-state index contributed by atoms with van der Waals surface area (Å²) in [4.78, 5) is 31.7. The fourth-order valence-electron chi connectivity index (χ4n) is 3.39. The highest BCUT2D eigenvalue weighted by molar-refractivity contribution is 8.14. The second kappa shape index (κ2) is 11.2. The van der Waals surface area contributed by atoms with Gasteiger partial charge in [0, 0.05) is 0 Å². The average Bonchev–Trinajstić information content (AvgIpc) is 3.18. The molecule has 1 N–H and O–H groups in total. The van der Waals surface area contributed by atoms with Crippen LogP contribution in [0.3, 0.4) is 0 Å². The molecule has 1 aliphatic heterocycles. The van der Waals surface area contributed by atoms with E-state index in [9.17, 15) is 22.8 Å². The lowest BCUT2D eigenvalue weighted by Crippen LogP contribution is -2.31. The fraction of sp³-hybridized carbons (Fsp3) is 0.115. The summed E-state index contributed by atoms with van der Waals surface area (Å²) in [7, 11) is 1.54. The normalized spacial score (nSPS) is 14.5. The molecule has 3 aromatic rings. The predicted octanol–water partition coefficient (Wildman–Crippen LogP) is 5.71. The molecule has 0 aliphatic carbocycles. The number of nitrogens with one attached hydrogen (secondary N) is 1. The van der Waals surface area contributed by atoms with Gasteiger partial charge in [-0.2, -0.15) is 0 Å². The Labute approximate surface area is 214 Å². The molecule has 0 saturated carbocycles. The van der Waals surface area contributed by atoms with Crippen LogP contribution < -0.4 is 19.7 Å². The molecule has 0 unspecified atom stereocenters. The molecule has 0 saturated heterocycles. The Balaban J connectivity index is 1.54. The lowest BCUT2D eigenvalue weighted by Gasteiger charge is -2.18. The van der Waals surface area contributed by atoms with Crippen molar-refractivity contribution in [2.24, 2.45) is 4.99 Å². The molecule has 3 aromatic carbocycles. The zero-order valence-corrected chi connectivity index (χ0v) is 20.2. The van der Waals surface area contributed by atoms with Gasteiger partial charge in [-0.15, -0.1) is 13.2 Å².